The van der Waals surface area contributed by atoms with Gasteiger partial charge < -0.3 is 4.74 Å². The Labute approximate surface area is 106 Å². The summed E-state index contributed by atoms with van der Waals surface area (Å²) in [5.41, 5.74) is 0. The quantitative estimate of drug-likeness (QED) is 0.535. The summed E-state index contributed by atoms with van der Waals surface area (Å²) in [4.78, 5) is 0. The SMILES string of the molecule is CO[C@@H]1C[C@H]2C([Si](C)(C)C)=C[C@H]3C=C[C@@H]1C[C@@H]32. The maximum absolute atomic E-state index is 5.73. The third kappa shape index (κ3) is 1.77. The van der Waals surface area contributed by atoms with Crippen LogP contribution < -0.4 is 0 Å². The van der Waals surface area contributed by atoms with E-state index in [0.717, 1.165) is 17.8 Å². The molecule has 3 aliphatic rings. The molecule has 1 nitrogen and oxygen atoms in total. The van der Waals surface area contributed by atoms with Crippen LogP contribution in [0.2, 0.25) is 19.6 Å². The lowest BCUT2D eigenvalue weighted by Crippen LogP contribution is -2.41. The molecule has 0 unspecified atom stereocenters. The first-order valence-electron chi connectivity index (χ1n) is 6.94. The molecule has 0 radical (unpaired) electrons. The predicted molar refractivity (Wildman–Crippen MR) is 74.6 cm³/mol. The standard InChI is InChI=1S/C15H24OSi/c1-16-14-9-13-12-7-11(14)6-5-10(12)8-15(13)17(2,3)4/h5-6,8,10-14H,7,9H2,1-4H3/t10-,11-,12+,13-,14-/m1/s1. The monoisotopic (exact) mass is 248 g/mol. The summed E-state index contributed by atoms with van der Waals surface area (Å²) in [6, 6.07) is 0. The van der Waals surface area contributed by atoms with Gasteiger partial charge in [0.2, 0.25) is 0 Å². The Morgan fingerprint density at radius 3 is 2.59 bits per heavy atom. The number of rotatable bonds is 2. The summed E-state index contributed by atoms with van der Waals surface area (Å²) in [7, 11) is 0.744. The fourth-order valence-electron chi connectivity index (χ4n) is 4.22. The molecule has 0 saturated heterocycles. The maximum atomic E-state index is 5.73. The zero-order valence-corrected chi connectivity index (χ0v) is 12.4. The number of ether oxygens (including phenoxy) is 1. The molecule has 94 valence electrons. The van der Waals surface area contributed by atoms with Crippen molar-refractivity contribution in [1.82, 2.24) is 0 Å². The van der Waals surface area contributed by atoms with Crippen molar-refractivity contribution in [1.29, 1.82) is 0 Å². The van der Waals surface area contributed by atoms with Gasteiger partial charge in [0.1, 0.15) is 0 Å². The molecule has 3 aliphatic carbocycles. The molecule has 0 amide bonds. The Bertz CT molecular complexity index is 377. The summed E-state index contributed by atoms with van der Waals surface area (Å²) in [6.07, 6.45) is 10.6. The van der Waals surface area contributed by atoms with Gasteiger partial charge in [-0.1, -0.05) is 43.1 Å². The van der Waals surface area contributed by atoms with Crippen molar-refractivity contribution in [3.05, 3.63) is 23.4 Å². The lowest BCUT2D eigenvalue weighted by molar-refractivity contribution is 0.00306. The highest BCUT2D eigenvalue weighted by atomic mass is 28.3. The van der Waals surface area contributed by atoms with Crippen LogP contribution in [0.4, 0.5) is 0 Å². The number of hydrogen-bond acceptors (Lipinski definition) is 1. The summed E-state index contributed by atoms with van der Waals surface area (Å²) in [6.45, 7) is 7.48. The van der Waals surface area contributed by atoms with E-state index in [1.807, 2.05) is 12.3 Å². The van der Waals surface area contributed by atoms with E-state index in [-0.39, 0.29) is 0 Å². The molecule has 2 bridgehead atoms. The smallest absolute Gasteiger partial charge is 0.0724 e. The zero-order chi connectivity index (χ0) is 12.2. The maximum Gasteiger partial charge on any atom is 0.0724 e. The van der Waals surface area contributed by atoms with E-state index in [0.29, 0.717) is 12.0 Å². The van der Waals surface area contributed by atoms with E-state index >= 15 is 0 Å². The molecule has 2 heteroatoms. The first kappa shape index (κ1) is 11.7. The molecule has 0 N–H and O–H groups in total. The molecule has 0 aromatic heterocycles. The second-order valence-corrected chi connectivity index (χ2v) is 12.1. The van der Waals surface area contributed by atoms with Crippen molar-refractivity contribution in [2.24, 2.45) is 23.7 Å². The van der Waals surface area contributed by atoms with E-state index in [9.17, 15) is 0 Å². The van der Waals surface area contributed by atoms with E-state index < -0.39 is 8.07 Å². The number of fused-ring (bicyclic) bond motifs is 1. The Hall–Kier alpha value is -0.343. The van der Waals surface area contributed by atoms with Gasteiger partial charge in [-0.2, -0.15) is 0 Å². The molecule has 0 aromatic carbocycles. The zero-order valence-electron chi connectivity index (χ0n) is 11.4. The van der Waals surface area contributed by atoms with Crippen LogP contribution in [0.3, 0.4) is 0 Å². The lowest BCUT2D eigenvalue weighted by atomic mass is 9.67. The fourth-order valence-corrected chi connectivity index (χ4v) is 6.35. The van der Waals surface area contributed by atoms with Crippen LogP contribution >= 0.6 is 0 Å². The lowest BCUT2D eigenvalue weighted by Gasteiger charge is -2.43. The third-order valence-corrected chi connectivity index (χ3v) is 7.31. The second-order valence-electron chi connectivity index (χ2n) is 7.01. The molecule has 0 aromatic rings. The molecule has 17 heavy (non-hydrogen) atoms. The van der Waals surface area contributed by atoms with E-state index in [1.54, 1.807) is 0 Å². The number of allylic oxidation sites excluding steroid dienone is 3. The molecule has 0 spiro atoms. The predicted octanol–water partition coefficient (Wildman–Crippen LogP) is 3.65. The highest BCUT2D eigenvalue weighted by Crippen LogP contribution is 2.53. The summed E-state index contributed by atoms with van der Waals surface area (Å²) in [5, 5.41) is 1.82. The van der Waals surface area contributed by atoms with Crippen molar-refractivity contribution in [3.8, 4) is 0 Å². The summed E-state index contributed by atoms with van der Waals surface area (Å²) < 4.78 is 5.73. The highest BCUT2D eigenvalue weighted by molar-refractivity contribution is 6.83. The average molecular weight is 248 g/mol. The van der Waals surface area contributed by atoms with Gasteiger partial charge in [0.15, 0.2) is 0 Å². The van der Waals surface area contributed by atoms with Gasteiger partial charge in [-0.25, -0.2) is 0 Å². The minimum absolute atomic E-state index is 0.464. The summed E-state index contributed by atoms with van der Waals surface area (Å²) >= 11 is 0. The van der Waals surface area contributed by atoms with Gasteiger partial charge in [-0.15, -0.1) is 0 Å². The van der Waals surface area contributed by atoms with Crippen LogP contribution in [0.15, 0.2) is 23.4 Å². The number of methoxy groups -OCH3 is 1. The Morgan fingerprint density at radius 1 is 1.18 bits per heavy atom. The van der Waals surface area contributed by atoms with Gasteiger partial charge in [0.25, 0.3) is 0 Å². The summed E-state index contributed by atoms with van der Waals surface area (Å²) in [5.74, 6) is 3.17. The van der Waals surface area contributed by atoms with Gasteiger partial charge in [0, 0.05) is 13.0 Å². The van der Waals surface area contributed by atoms with Crippen molar-refractivity contribution in [2.75, 3.05) is 7.11 Å². The van der Waals surface area contributed by atoms with Crippen LogP contribution in [-0.4, -0.2) is 21.3 Å². The van der Waals surface area contributed by atoms with Crippen molar-refractivity contribution in [2.45, 2.75) is 38.6 Å². The van der Waals surface area contributed by atoms with Crippen molar-refractivity contribution in [3.63, 3.8) is 0 Å². The number of hydrogen-bond donors (Lipinski definition) is 0. The fraction of sp³-hybridized carbons (Fsp3) is 0.733. The van der Waals surface area contributed by atoms with Gasteiger partial charge in [-0.3, -0.25) is 0 Å². The Balaban J connectivity index is 1.96. The van der Waals surface area contributed by atoms with Crippen LogP contribution in [-0.2, 0) is 4.74 Å². The molecular weight excluding hydrogens is 224 g/mol. The van der Waals surface area contributed by atoms with Crippen LogP contribution in [0.25, 0.3) is 0 Å². The average Bonchev–Trinajstić information content (AvgIpc) is 2.68. The van der Waals surface area contributed by atoms with Gasteiger partial charge in [0.05, 0.1) is 14.2 Å². The van der Waals surface area contributed by atoms with Gasteiger partial charge in [-0.05, 0) is 30.6 Å². The molecule has 0 heterocycles. The molecule has 5 atom stereocenters. The third-order valence-electron chi connectivity index (χ3n) is 5.04. The largest absolute Gasteiger partial charge is 0.381 e. The molecular formula is C15H24OSi. The molecule has 0 aliphatic heterocycles. The first-order chi connectivity index (χ1) is 8.00. The molecule has 1 saturated carbocycles. The van der Waals surface area contributed by atoms with Crippen molar-refractivity contribution >= 4 is 8.07 Å². The van der Waals surface area contributed by atoms with Crippen molar-refractivity contribution < 1.29 is 4.74 Å². The van der Waals surface area contributed by atoms with Crippen LogP contribution in [0, 0.1) is 23.7 Å². The Morgan fingerprint density at radius 2 is 1.94 bits per heavy atom. The van der Waals surface area contributed by atoms with E-state index in [1.165, 1.54) is 12.8 Å². The van der Waals surface area contributed by atoms with Crippen LogP contribution in [0.1, 0.15) is 12.8 Å². The second kappa shape index (κ2) is 3.82. The normalized spacial score (nSPS) is 43.8. The molecule has 3 rings (SSSR count). The topological polar surface area (TPSA) is 9.23 Å². The van der Waals surface area contributed by atoms with Crippen LogP contribution in [0.5, 0.6) is 0 Å². The highest BCUT2D eigenvalue weighted by Gasteiger charge is 2.48. The first-order valence-corrected chi connectivity index (χ1v) is 10.4. The Kier molecular flexibility index (Phi) is 2.64. The molecule has 1 fully saturated rings. The minimum atomic E-state index is -1.14. The van der Waals surface area contributed by atoms with E-state index in [2.05, 4.69) is 37.9 Å². The van der Waals surface area contributed by atoms with E-state index in [4.69, 9.17) is 4.74 Å². The minimum Gasteiger partial charge on any atom is -0.381 e. The van der Waals surface area contributed by atoms with Gasteiger partial charge >= 0.3 is 0 Å².